The summed E-state index contributed by atoms with van der Waals surface area (Å²) < 4.78 is 10.6. The summed E-state index contributed by atoms with van der Waals surface area (Å²) in [6.07, 6.45) is 0. The molecule has 0 saturated heterocycles. The summed E-state index contributed by atoms with van der Waals surface area (Å²) >= 11 is 0. The van der Waals surface area contributed by atoms with Crippen LogP contribution in [0.4, 0.5) is 11.4 Å². The van der Waals surface area contributed by atoms with Gasteiger partial charge in [0, 0.05) is 23.4 Å². The lowest BCUT2D eigenvalue weighted by molar-refractivity contribution is -0.118. The molecule has 176 valence electrons. The molecule has 8 heteroatoms. The summed E-state index contributed by atoms with van der Waals surface area (Å²) in [4.78, 5) is 37.2. The number of hydrogen-bond donors (Lipinski definition) is 3. The van der Waals surface area contributed by atoms with Crippen LogP contribution in [0.15, 0.2) is 72.8 Å². The van der Waals surface area contributed by atoms with Crippen molar-refractivity contribution in [2.45, 2.75) is 19.9 Å². The maximum Gasteiger partial charge on any atom is 0.262 e. The Bertz CT molecular complexity index is 1160. The highest BCUT2D eigenvalue weighted by Gasteiger charge is 2.15. The molecule has 0 aliphatic heterocycles. The Morgan fingerprint density at radius 2 is 1.56 bits per heavy atom. The van der Waals surface area contributed by atoms with Crippen molar-refractivity contribution in [3.8, 4) is 11.5 Å². The normalized spacial score (nSPS) is 10.4. The monoisotopic (exact) mass is 461 g/mol. The Hall–Kier alpha value is -4.33. The van der Waals surface area contributed by atoms with Crippen molar-refractivity contribution in [2.24, 2.45) is 0 Å². The number of methoxy groups -OCH3 is 1. The third kappa shape index (κ3) is 6.83. The van der Waals surface area contributed by atoms with Crippen LogP contribution in [0.3, 0.4) is 0 Å². The van der Waals surface area contributed by atoms with Crippen molar-refractivity contribution in [2.75, 3.05) is 24.4 Å². The lowest BCUT2D eigenvalue weighted by atomic mass is 10.1. The summed E-state index contributed by atoms with van der Waals surface area (Å²) in [6.45, 7) is 3.54. The smallest absolute Gasteiger partial charge is 0.262 e. The van der Waals surface area contributed by atoms with Crippen LogP contribution >= 0.6 is 0 Å². The van der Waals surface area contributed by atoms with Crippen LogP contribution < -0.4 is 25.4 Å². The molecule has 0 radical (unpaired) electrons. The number of carbonyl (C=O) groups is 3. The van der Waals surface area contributed by atoms with E-state index in [4.69, 9.17) is 9.47 Å². The quantitative estimate of drug-likeness (QED) is 0.445. The fraction of sp³-hybridized carbons (Fsp3) is 0.192. The minimum Gasteiger partial charge on any atom is -0.497 e. The molecule has 0 fully saturated rings. The first-order chi connectivity index (χ1) is 16.4. The molecule has 3 aromatic rings. The molecule has 0 saturated carbocycles. The summed E-state index contributed by atoms with van der Waals surface area (Å²) in [5, 5.41) is 8.32. The zero-order chi connectivity index (χ0) is 24.5. The Labute approximate surface area is 198 Å². The number of hydrogen-bond acceptors (Lipinski definition) is 5. The molecule has 0 atom stereocenters. The standard InChI is InChI=1S/C26H27N3O5/c1-17(2)27-26(32)22-9-4-5-10-23(22)29-25(31)18-11-13-20(14-12-18)34-16-24(30)28-19-7-6-8-21(15-19)33-3/h4-15,17H,16H2,1-3H3,(H,27,32)(H,28,30)(H,29,31). The number of benzene rings is 3. The van der Waals surface area contributed by atoms with Crippen molar-refractivity contribution in [3.63, 3.8) is 0 Å². The van der Waals surface area contributed by atoms with Crippen molar-refractivity contribution >= 4 is 29.1 Å². The van der Waals surface area contributed by atoms with E-state index < -0.39 is 0 Å². The van der Waals surface area contributed by atoms with Crippen molar-refractivity contribution in [3.05, 3.63) is 83.9 Å². The lowest BCUT2D eigenvalue weighted by Gasteiger charge is -2.13. The number of rotatable bonds is 9. The molecule has 0 bridgehead atoms. The van der Waals surface area contributed by atoms with Gasteiger partial charge in [-0.3, -0.25) is 14.4 Å². The van der Waals surface area contributed by atoms with Crippen LogP contribution in [-0.4, -0.2) is 37.5 Å². The van der Waals surface area contributed by atoms with Gasteiger partial charge in [0.25, 0.3) is 17.7 Å². The number of ether oxygens (including phenoxy) is 2. The highest BCUT2D eigenvalue weighted by Crippen LogP contribution is 2.19. The first kappa shape index (κ1) is 24.3. The van der Waals surface area contributed by atoms with Gasteiger partial charge in [-0.15, -0.1) is 0 Å². The third-order valence-electron chi connectivity index (χ3n) is 4.68. The van der Waals surface area contributed by atoms with Crippen LogP contribution in [0, 0.1) is 0 Å². The van der Waals surface area contributed by atoms with E-state index in [0.29, 0.717) is 34.0 Å². The number of para-hydroxylation sites is 1. The van der Waals surface area contributed by atoms with E-state index in [9.17, 15) is 14.4 Å². The summed E-state index contributed by atoms with van der Waals surface area (Å²) in [5.74, 6) is 0.116. The molecule has 3 aromatic carbocycles. The second-order valence-corrected chi connectivity index (χ2v) is 7.72. The Morgan fingerprint density at radius 3 is 2.26 bits per heavy atom. The van der Waals surface area contributed by atoms with E-state index in [2.05, 4.69) is 16.0 Å². The molecule has 0 heterocycles. The molecule has 3 N–H and O–H groups in total. The molecule has 0 aromatic heterocycles. The van der Waals surface area contributed by atoms with Gasteiger partial charge < -0.3 is 25.4 Å². The number of anilines is 2. The minimum absolute atomic E-state index is 0.0265. The Balaban J connectivity index is 1.57. The second kappa shape index (κ2) is 11.5. The van der Waals surface area contributed by atoms with Gasteiger partial charge in [-0.2, -0.15) is 0 Å². The Kier molecular flexibility index (Phi) is 8.23. The van der Waals surface area contributed by atoms with Gasteiger partial charge in [-0.25, -0.2) is 0 Å². The SMILES string of the molecule is COc1cccc(NC(=O)COc2ccc(C(=O)Nc3ccccc3C(=O)NC(C)C)cc2)c1. The number of carbonyl (C=O) groups excluding carboxylic acids is 3. The molecule has 8 nitrogen and oxygen atoms in total. The maximum atomic E-state index is 12.7. The average molecular weight is 462 g/mol. The third-order valence-corrected chi connectivity index (χ3v) is 4.68. The lowest BCUT2D eigenvalue weighted by Crippen LogP contribution is -2.31. The van der Waals surface area contributed by atoms with Crippen LogP contribution in [0.2, 0.25) is 0 Å². The molecule has 3 rings (SSSR count). The van der Waals surface area contributed by atoms with Crippen molar-refractivity contribution in [1.82, 2.24) is 5.32 Å². The van der Waals surface area contributed by atoms with Gasteiger partial charge in [0.2, 0.25) is 0 Å². The van der Waals surface area contributed by atoms with Gasteiger partial charge in [0.05, 0.1) is 18.4 Å². The van der Waals surface area contributed by atoms with E-state index >= 15 is 0 Å². The van der Waals surface area contributed by atoms with Crippen LogP contribution in [0.1, 0.15) is 34.6 Å². The summed E-state index contributed by atoms with van der Waals surface area (Å²) in [6, 6.07) is 20.2. The van der Waals surface area contributed by atoms with E-state index in [1.165, 1.54) is 0 Å². The number of nitrogens with one attached hydrogen (secondary N) is 3. The van der Waals surface area contributed by atoms with Gasteiger partial charge in [0.1, 0.15) is 11.5 Å². The predicted molar refractivity (Wildman–Crippen MR) is 131 cm³/mol. The van der Waals surface area contributed by atoms with Crippen LogP contribution in [0.5, 0.6) is 11.5 Å². The first-order valence-electron chi connectivity index (χ1n) is 10.7. The molecule has 0 unspecified atom stereocenters. The zero-order valence-electron chi connectivity index (χ0n) is 19.3. The van der Waals surface area contributed by atoms with Gasteiger partial charge in [0.15, 0.2) is 6.61 Å². The van der Waals surface area contributed by atoms with Crippen LogP contribution in [0.25, 0.3) is 0 Å². The van der Waals surface area contributed by atoms with E-state index in [-0.39, 0.29) is 30.4 Å². The largest absolute Gasteiger partial charge is 0.497 e. The maximum absolute atomic E-state index is 12.7. The average Bonchev–Trinajstić information content (AvgIpc) is 2.83. The molecule has 3 amide bonds. The molecule has 0 aliphatic carbocycles. The molecular weight excluding hydrogens is 434 g/mol. The van der Waals surface area contributed by atoms with E-state index in [1.54, 1.807) is 79.9 Å². The molecule has 34 heavy (non-hydrogen) atoms. The molecule has 0 aliphatic rings. The highest BCUT2D eigenvalue weighted by molar-refractivity contribution is 6.09. The fourth-order valence-corrected chi connectivity index (χ4v) is 3.07. The van der Waals surface area contributed by atoms with Crippen molar-refractivity contribution in [1.29, 1.82) is 0 Å². The molecular formula is C26H27N3O5. The molecule has 0 spiro atoms. The minimum atomic E-state index is -0.368. The fourth-order valence-electron chi connectivity index (χ4n) is 3.07. The number of amides is 3. The predicted octanol–water partition coefficient (Wildman–Crippen LogP) is 4.10. The van der Waals surface area contributed by atoms with Gasteiger partial charge >= 0.3 is 0 Å². The first-order valence-corrected chi connectivity index (χ1v) is 10.7. The van der Waals surface area contributed by atoms with Gasteiger partial charge in [-0.1, -0.05) is 18.2 Å². The van der Waals surface area contributed by atoms with Crippen LogP contribution in [-0.2, 0) is 4.79 Å². The summed E-state index contributed by atoms with van der Waals surface area (Å²) in [7, 11) is 1.55. The van der Waals surface area contributed by atoms with E-state index in [0.717, 1.165) is 0 Å². The topological polar surface area (TPSA) is 106 Å². The highest BCUT2D eigenvalue weighted by atomic mass is 16.5. The Morgan fingerprint density at radius 1 is 0.824 bits per heavy atom. The summed E-state index contributed by atoms with van der Waals surface area (Å²) in [5.41, 5.74) is 1.78. The van der Waals surface area contributed by atoms with Crippen molar-refractivity contribution < 1.29 is 23.9 Å². The zero-order valence-corrected chi connectivity index (χ0v) is 19.3. The second-order valence-electron chi connectivity index (χ2n) is 7.72. The van der Waals surface area contributed by atoms with Gasteiger partial charge in [-0.05, 0) is 62.4 Å². The van der Waals surface area contributed by atoms with E-state index in [1.807, 2.05) is 13.8 Å².